The predicted octanol–water partition coefficient (Wildman–Crippen LogP) is 2.47. The molecule has 0 N–H and O–H groups in total. The largest absolute Gasteiger partial charge is 0.550 e. The monoisotopic (exact) mass is 293 g/mol. The van der Waals surface area contributed by atoms with Crippen molar-refractivity contribution in [2.24, 2.45) is 5.92 Å². The molecular weight excluding hydrogens is 284 g/mol. The van der Waals surface area contributed by atoms with Crippen molar-refractivity contribution in [1.82, 2.24) is 0 Å². The molecule has 0 unspecified atom stereocenters. The number of halogens is 4. The molecule has 0 amide bonds. The number of carbonyl (C=O) groups is 1. The van der Waals surface area contributed by atoms with E-state index in [0.717, 1.165) is 23.9 Å². The number of benzene rings is 1. The van der Waals surface area contributed by atoms with Gasteiger partial charge in [0.05, 0.1) is 5.56 Å². The Balaban J connectivity index is 2.06. The van der Waals surface area contributed by atoms with Crippen LogP contribution >= 0.6 is 11.8 Å². The van der Waals surface area contributed by atoms with Crippen LogP contribution in [0, 0.1) is 11.7 Å². The van der Waals surface area contributed by atoms with Gasteiger partial charge >= 0.3 is 6.18 Å². The zero-order chi connectivity index (χ0) is 14.2. The van der Waals surface area contributed by atoms with Gasteiger partial charge in [-0.05, 0) is 31.0 Å². The van der Waals surface area contributed by atoms with E-state index in [4.69, 9.17) is 0 Å². The molecule has 0 radical (unpaired) electrons. The minimum absolute atomic E-state index is 0.106. The average molecular weight is 293 g/mol. The zero-order valence-electron chi connectivity index (χ0n) is 9.54. The molecule has 1 fully saturated rings. The molecule has 2 rings (SSSR count). The van der Waals surface area contributed by atoms with E-state index in [2.05, 4.69) is 0 Å². The lowest BCUT2D eigenvalue weighted by molar-refractivity contribution is -0.314. The molecule has 0 aliphatic heterocycles. The Morgan fingerprint density at radius 3 is 2.42 bits per heavy atom. The van der Waals surface area contributed by atoms with E-state index in [1.807, 2.05) is 0 Å². The summed E-state index contributed by atoms with van der Waals surface area (Å²) in [5.74, 6) is -2.65. The zero-order valence-corrected chi connectivity index (χ0v) is 10.4. The molecule has 0 aromatic heterocycles. The minimum atomic E-state index is -4.59. The number of carbonyl (C=O) groups excluding carboxylic acids is 1. The van der Waals surface area contributed by atoms with Crippen LogP contribution in [0.3, 0.4) is 0 Å². The Labute approximate surface area is 110 Å². The first-order valence-corrected chi connectivity index (χ1v) is 6.39. The number of alkyl halides is 3. The lowest BCUT2D eigenvalue weighted by Crippen LogP contribution is -2.40. The molecule has 2 nitrogen and oxygen atoms in total. The second-order valence-electron chi connectivity index (χ2n) is 4.40. The van der Waals surface area contributed by atoms with Crippen LogP contribution < -0.4 is 5.11 Å². The van der Waals surface area contributed by atoms with E-state index in [1.165, 1.54) is 0 Å². The molecule has 0 heterocycles. The van der Waals surface area contributed by atoms with Crippen LogP contribution in [-0.2, 0) is 11.0 Å². The summed E-state index contributed by atoms with van der Waals surface area (Å²) in [6, 6.07) is 2.33. The average Bonchev–Trinajstić information content (AvgIpc) is 2.20. The Kier molecular flexibility index (Phi) is 3.75. The minimum Gasteiger partial charge on any atom is -0.550 e. The molecule has 1 aliphatic rings. The van der Waals surface area contributed by atoms with Crippen LogP contribution in [0.5, 0.6) is 0 Å². The Morgan fingerprint density at radius 2 is 1.89 bits per heavy atom. The molecule has 1 aromatic rings. The molecule has 0 atom stereocenters. The van der Waals surface area contributed by atoms with Gasteiger partial charge in [0.25, 0.3) is 0 Å². The third-order valence-electron chi connectivity index (χ3n) is 2.93. The molecule has 0 spiro atoms. The summed E-state index contributed by atoms with van der Waals surface area (Å²) in [6.45, 7) is 0. The van der Waals surface area contributed by atoms with E-state index in [1.54, 1.807) is 0 Å². The number of hydrogen-bond donors (Lipinski definition) is 0. The van der Waals surface area contributed by atoms with Crippen molar-refractivity contribution in [3.63, 3.8) is 0 Å². The molecule has 7 heteroatoms. The number of aliphatic carboxylic acids is 1. The molecule has 1 aliphatic carbocycles. The summed E-state index contributed by atoms with van der Waals surface area (Å²) in [6.07, 6.45) is -3.92. The molecule has 1 saturated carbocycles. The third kappa shape index (κ3) is 3.40. The van der Waals surface area contributed by atoms with Crippen molar-refractivity contribution in [2.75, 3.05) is 0 Å². The highest BCUT2D eigenvalue weighted by Crippen LogP contribution is 2.42. The van der Waals surface area contributed by atoms with Gasteiger partial charge in [0.2, 0.25) is 0 Å². The highest BCUT2D eigenvalue weighted by atomic mass is 32.2. The fourth-order valence-corrected chi connectivity index (χ4v) is 3.26. The summed E-state index contributed by atoms with van der Waals surface area (Å²) in [5, 5.41) is 10.4. The van der Waals surface area contributed by atoms with Crippen LogP contribution in [0.2, 0.25) is 0 Å². The molecule has 104 valence electrons. The summed E-state index contributed by atoms with van der Waals surface area (Å²) >= 11 is 1.06. The first-order valence-electron chi connectivity index (χ1n) is 5.51. The third-order valence-corrected chi connectivity index (χ3v) is 4.16. The van der Waals surface area contributed by atoms with Gasteiger partial charge in [-0.3, -0.25) is 0 Å². The van der Waals surface area contributed by atoms with Crippen molar-refractivity contribution < 1.29 is 27.5 Å². The van der Waals surface area contributed by atoms with Crippen LogP contribution in [-0.4, -0.2) is 11.2 Å². The summed E-state index contributed by atoms with van der Waals surface area (Å²) in [7, 11) is 0. The topological polar surface area (TPSA) is 40.1 Å². The van der Waals surface area contributed by atoms with Crippen LogP contribution in [0.15, 0.2) is 23.1 Å². The number of rotatable bonds is 3. The highest BCUT2D eigenvalue weighted by molar-refractivity contribution is 8.00. The molecule has 0 bridgehead atoms. The molecule has 0 saturated heterocycles. The molecule has 19 heavy (non-hydrogen) atoms. The summed E-state index contributed by atoms with van der Waals surface area (Å²) in [5.41, 5.74) is -1.04. The quantitative estimate of drug-likeness (QED) is 0.804. The van der Waals surface area contributed by atoms with Gasteiger partial charge < -0.3 is 9.90 Å². The lowest BCUT2D eigenvalue weighted by Gasteiger charge is -2.35. The van der Waals surface area contributed by atoms with Gasteiger partial charge in [-0.25, -0.2) is 4.39 Å². The van der Waals surface area contributed by atoms with Crippen LogP contribution in [0.4, 0.5) is 17.6 Å². The maximum absolute atomic E-state index is 13.1. The van der Waals surface area contributed by atoms with Gasteiger partial charge in [0.15, 0.2) is 0 Å². The Bertz CT molecular complexity index is 495. The van der Waals surface area contributed by atoms with Gasteiger partial charge in [-0.1, -0.05) is 0 Å². The number of hydrogen-bond acceptors (Lipinski definition) is 3. The van der Waals surface area contributed by atoms with Crippen LogP contribution in [0.25, 0.3) is 0 Å². The number of thioether (sulfide) groups is 1. The number of carboxylic acids is 1. The molecular formula is C12H9F4O2S-. The second-order valence-corrected chi connectivity index (χ2v) is 5.77. The van der Waals surface area contributed by atoms with Gasteiger partial charge in [0.1, 0.15) is 5.82 Å². The summed E-state index contributed by atoms with van der Waals surface area (Å²) in [4.78, 5) is 10.7. The SMILES string of the molecule is O=C([O-])C1CC(Sc2cc(F)cc(C(F)(F)F)c2)C1. The number of carboxylic acid groups (broad SMARTS) is 1. The van der Waals surface area contributed by atoms with E-state index in [-0.39, 0.29) is 10.1 Å². The van der Waals surface area contributed by atoms with Crippen molar-refractivity contribution in [3.05, 3.63) is 29.6 Å². The van der Waals surface area contributed by atoms with Crippen molar-refractivity contribution >= 4 is 17.7 Å². The second kappa shape index (κ2) is 5.03. The fraction of sp³-hybridized carbons (Fsp3) is 0.417. The standard InChI is InChI=1S/C12H10F4O2S/c13-8-3-7(12(14,15)16)4-10(5-8)19-9-1-6(2-9)11(17)18/h3-6,9H,1-2H2,(H,17,18)/p-1. The van der Waals surface area contributed by atoms with E-state index in [9.17, 15) is 27.5 Å². The van der Waals surface area contributed by atoms with Crippen molar-refractivity contribution in [1.29, 1.82) is 0 Å². The van der Waals surface area contributed by atoms with Gasteiger partial charge in [0, 0.05) is 22.0 Å². The maximum Gasteiger partial charge on any atom is 0.416 e. The lowest BCUT2D eigenvalue weighted by atomic mass is 9.85. The van der Waals surface area contributed by atoms with Gasteiger partial charge in [-0.2, -0.15) is 13.2 Å². The Hall–Kier alpha value is -1.24. The van der Waals surface area contributed by atoms with Crippen molar-refractivity contribution in [2.45, 2.75) is 29.2 Å². The first-order chi connectivity index (χ1) is 8.75. The van der Waals surface area contributed by atoms with E-state index in [0.29, 0.717) is 18.9 Å². The normalized spacial score (nSPS) is 22.9. The van der Waals surface area contributed by atoms with E-state index < -0.39 is 29.4 Å². The smallest absolute Gasteiger partial charge is 0.416 e. The Morgan fingerprint density at radius 1 is 1.26 bits per heavy atom. The highest BCUT2D eigenvalue weighted by Gasteiger charge is 2.33. The predicted molar refractivity (Wildman–Crippen MR) is 58.8 cm³/mol. The van der Waals surface area contributed by atoms with E-state index >= 15 is 0 Å². The van der Waals surface area contributed by atoms with Crippen LogP contribution in [0.1, 0.15) is 18.4 Å². The first kappa shape index (κ1) is 14.2. The maximum atomic E-state index is 13.1. The van der Waals surface area contributed by atoms with Crippen molar-refractivity contribution in [3.8, 4) is 0 Å². The summed E-state index contributed by atoms with van der Waals surface area (Å²) < 4.78 is 50.6. The molecule has 1 aromatic carbocycles. The fourth-order valence-electron chi connectivity index (χ4n) is 1.84. The van der Waals surface area contributed by atoms with Gasteiger partial charge in [-0.15, -0.1) is 11.8 Å².